The number of amides is 1. The standard InChI is InChI=1S/C14H19NO6/c1-8(2)5-9(14(18)20-4)15-13(17)11-6-10(16)12(19-3)7-21-11/h6-9H,5H2,1-4H3,(H,15,17)/t9-/m1/s1. The number of rotatable bonds is 6. The third-order valence-electron chi connectivity index (χ3n) is 2.74. The zero-order chi connectivity index (χ0) is 16.0. The van der Waals surface area contributed by atoms with E-state index >= 15 is 0 Å². The molecule has 0 bridgehead atoms. The van der Waals surface area contributed by atoms with Crippen molar-refractivity contribution in [1.82, 2.24) is 5.32 Å². The zero-order valence-electron chi connectivity index (χ0n) is 12.5. The molecule has 0 spiro atoms. The smallest absolute Gasteiger partial charge is 0.328 e. The van der Waals surface area contributed by atoms with Crippen LogP contribution < -0.4 is 15.5 Å². The van der Waals surface area contributed by atoms with Crippen molar-refractivity contribution in [2.45, 2.75) is 26.3 Å². The van der Waals surface area contributed by atoms with Gasteiger partial charge in [0, 0.05) is 6.07 Å². The second-order valence-electron chi connectivity index (χ2n) is 4.86. The van der Waals surface area contributed by atoms with Crippen LogP contribution in [0.5, 0.6) is 5.75 Å². The minimum absolute atomic E-state index is 0.00162. The minimum atomic E-state index is -0.796. The van der Waals surface area contributed by atoms with Crippen molar-refractivity contribution in [3.8, 4) is 5.75 Å². The number of hydrogen-bond acceptors (Lipinski definition) is 6. The van der Waals surface area contributed by atoms with Crippen LogP contribution in [0.4, 0.5) is 0 Å². The maximum absolute atomic E-state index is 12.0. The molecule has 0 unspecified atom stereocenters. The summed E-state index contributed by atoms with van der Waals surface area (Å²) in [5.41, 5.74) is -0.479. The van der Waals surface area contributed by atoms with E-state index in [9.17, 15) is 14.4 Å². The Morgan fingerprint density at radius 3 is 2.48 bits per heavy atom. The number of methoxy groups -OCH3 is 2. The predicted molar refractivity (Wildman–Crippen MR) is 74.3 cm³/mol. The van der Waals surface area contributed by atoms with Crippen LogP contribution in [-0.4, -0.2) is 32.1 Å². The fraction of sp³-hybridized carbons (Fsp3) is 0.500. The molecule has 0 aliphatic carbocycles. The van der Waals surface area contributed by atoms with Crippen molar-refractivity contribution < 1.29 is 23.5 Å². The fourth-order valence-electron chi connectivity index (χ4n) is 1.72. The van der Waals surface area contributed by atoms with E-state index in [0.717, 1.165) is 12.3 Å². The first-order valence-corrected chi connectivity index (χ1v) is 6.44. The first kappa shape index (κ1) is 16.7. The number of nitrogens with one attached hydrogen (secondary N) is 1. The lowest BCUT2D eigenvalue weighted by Gasteiger charge is -2.17. The summed E-state index contributed by atoms with van der Waals surface area (Å²) in [6, 6.07) is 0.215. The number of carbonyl (C=O) groups is 2. The van der Waals surface area contributed by atoms with Crippen molar-refractivity contribution in [3.63, 3.8) is 0 Å². The SMILES string of the molecule is COC(=O)[C@@H](CC(C)C)NC(=O)c1cc(=O)c(OC)co1. The average Bonchev–Trinajstić information content (AvgIpc) is 2.44. The molecule has 7 nitrogen and oxygen atoms in total. The Balaban J connectivity index is 2.88. The molecule has 1 aromatic rings. The van der Waals surface area contributed by atoms with Crippen LogP contribution in [-0.2, 0) is 9.53 Å². The van der Waals surface area contributed by atoms with Gasteiger partial charge in [-0.15, -0.1) is 0 Å². The van der Waals surface area contributed by atoms with E-state index in [1.165, 1.54) is 14.2 Å². The molecule has 1 N–H and O–H groups in total. The van der Waals surface area contributed by atoms with Gasteiger partial charge in [-0.3, -0.25) is 9.59 Å². The van der Waals surface area contributed by atoms with Gasteiger partial charge in [0.1, 0.15) is 12.3 Å². The van der Waals surface area contributed by atoms with E-state index in [0.29, 0.717) is 6.42 Å². The highest BCUT2D eigenvalue weighted by Gasteiger charge is 2.24. The molecular weight excluding hydrogens is 278 g/mol. The van der Waals surface area contributed by atoms with Crippen molar-refractivity contribution in [2.24, 2.45) is 5.92 Å². The number of esters is 1. The molecule has 0 radical (unpaired) electrons. The van der Waals surface area contributed by atoms with E-state index in [2.05, 4.69) is 10.1 Å². The van der Waals surface area contributed by atoms with Gasteiger partial charge in [0.25, 0.3) is 5.91 Å². The van der Waals surface area contributed by atoms with E-state index in [-0.39, 0.29) is 17.4 Å². The Bertz CT molecular complexity index is 563. The highest BCUT2D eigenvalue weighted by molar-refractivity contribution is 5.94. The van der Waals surface area contributed by atoms with Gasteiger partial charge in [-0.05, 0) is 12.3 Å². The summed E-state index contributed by atoms with van der Waals surface area (Å²) < 4.78 is 14.4. The summed E-state index contributed by atoms with van der Waals surface area (Å²) >= 11 is 0. The maximum Gasteiger partial charge on any atom is 0.328 e. The molecule has 116 valence electrons. The fourth-order valence-corrected chi connectivity index (χ4v) is 1.72. The average molecular weight is 297 g/mol. The summed E-state index contributed by atoms with van der Waals surface area (Å²) in [6.45, 7) is 3.82. The molecule has 1 amide bonds. The van der Waals surface area contributed by atoms with Gasteiger partial charge in [0.2, 0.25) is 11.2 Å². The van der Waals surface area contributed by atoms with Gasteiger partial charge >= 0.3 is 5.97 Å². The lowest BCUT2D eigenvalue weighted by Crippen LogP contribution is -2.42. The molecule has 0 aliphatic rings. The normalized spacial score (nSPS) is 11.9. The van der Waals surface area contributed by atoms with Crippen molar-refractivity contribution in [1.29, 1.82) is 0 Å². The van der Waals surface area contributed by atoms with Gasteiger partial charge in [-0.2, -0.15) is 0 Å². The second-order valence-corrected chi connectivity index (χ2v) is 4.86. The Labute approximate surface area is 122 Å². The van der Waals surface area contributed by atoms with Crippen LogP contribution in [0.1, 0.15) is 30.8 Å². The quantitative estimate of drug-likeness (QED) is 0.786. The van der Waals surface area contributed by atoms with E-state index in [4.69, 9.17) is 9.15 Å². The topological polar surface area (TPSA) is 94.8 Å². The molecule has 0 saturated heterocycles. The predicted octanol–water partition coefficient (Wildman–Crippen LogP) is 0.966. The van der Waals surface area contributed by atoms with Gasteiger partial charge < -0.3 is 19.2 Å². The van der Waals surface area contributed by atoms with Crippen molar-refractivity contribution in [2.75, 3.05) is 14.2 Å². The summed E-state index contributed by atoms with van der Waals surface area (Å²) in [7, 11) is 2.57. The number of carbonyl (C=O) groups excluding carboxylic acids is 2. The Morgan fingerprint density at radius 1 is 1.33 bits per heavy atom. The molecule has 1 rings (SSSR count). The highest BCUT2D eigenvalue weighted by atomic mass is 16.5. The lowest BCUT2D eigenvalue weighted by atomic mass is 10.0. The van der Waals surface area contributed by atoms with Crippen LogP contribution in [0.25, 0.3) is 0 Å². The number of hydrogen-bond donors (Lipinski definition) is 1. The largest absolute Gasteiger partial charge is 0.490 e. The Hall–Kier alpha value is -2.31. The second kappa shape index (κ2) is 7.47. The molecule has 1 heterocycles. The van der Waals surface area contributed by atoms with Crippen LogP contribution >= 0.6 is 0 Å². The molecule has 0 aromatic carbocycles. The summed E-state index contributed by atoms with van der Waals surface area (Å²) in [5, 5.41) is 2.49. The summed E-state index contributed by atoms with van der Waals surface area (Å²) in [5.74, 6) is -1.23. The van der Waals surface area contributed by atoms with Gasteiger partial charge in [0.15, 0.2) is 5.76 Å². The molecular formula is C14H19NO6. The van der Waals surface area contributed by atoms with Crippen LogP contribution in [0, 0.1) is 5.92 Å². The highest BCUT2D eigenvalue weighted by Crippen LogP contribution is 2.09. The third-order valence-corrected chi connectivity index (χ3v) is 2.74. The van der Waals surface area contributed by atoms with Crippen molar-refractivity contribution in [3.05, 3.63) is 28.3 Å². The maximum atomic E-state index is 12.0. The third kappa shape index (κ3) is 4.62. The summed E-state index contributed by atoms with van der Waals surface area (Å²) in [6.07, 6.45) is 1.46. The zero-order valence-corrected chi connectivity index (χ0v) is 12.5. The first-order chi connectivity index (χ1) is 9.88. The van der Waals surface area contributed by atoms with E-state index < -0.39 is 23.3 Å². The van der Waals surface area contributed by atoms with Crippen molar-refractivity contribution >= 4 is 11.9 Å². The lowest BCUT2D eigenvalue weighted by molar-refractivity contribution is -0.143. The van der Waals surface area contributed by atoms with Crippen LogP contribution in [0.15, 0.2) is 21.5 Å². The van der Waals surface area contributed by atoms with Gasteiger partial charge in [0.05, 0.1) is 14.2 Å². The molecule has 0 aliphatic heterocycles. The Kier molecular flexibility index (Phi) is 5.95. The molecule has 0 fully saturated rings. The van der Waals surface area contributed by atoms with Gasteiger partial charge in [-0.25, -0.2) is 4.79 Å². The molecule has 21 heavy (non-hydrogen) atoms. The minimum Gasteiger partial charge on any atom is -0.490 e. The number of ether oxygens (including phenoxy) is 2. The van der Waals surface area contributed by atoms with Crippen LogP contribution in [0.2, 0.25) is 0 Å². The summed E-state index contributed by atoms with van der Waals surface area (Å²) in [4.78, 5) is 35.2. The van der Waals surface area contributed by atoms with Gasteiger partial charge in [-0.1, -0.05) is 13.8 Å². The molecule has 7 heteroatoms. The first-order valence-electron chi connectivity index (χ1n) is 6.44. The molecule has 1 atom stereocenters. The van der Waals surface area contributed by atoms with E-state index in [1.807, 2.05) is 13.8 Å². The monoisotopic (exact) mass is 297 g/mol. The molecule has 0 saturated carbocycles. The Morgan fingerprint density at radius 2 is 2.00 bits per heavy atom. The van der Waals surface area contributed by atoms with E-state index in [1.54, 1.807) is 0 Å². The van der Waals surface area contributed by atoms with Crippen LogP contribution in [0.3, 0.4) is 0 Å². The molecule has 1 aromatic heterocycles.